The number of anilines is 1. The van der Waals surface area contributed by atoms with E-state index in [4.69, 9.17) is 13.9 Å². The van der Waals surface area contributed by atoms with Crippen LogP contribution < -0.4 is 19.8 Å². The van der Waals surface area contributed by atoms with Crippen molar-refractivity contribution in [3.8, 4) is 11.5 Å². The molecular weight excluding hydrogens is 478 g/mol. The minimum absolute atomic E-state index is 0.0267. The van der Waals surface area contributed by atoms with Crippen LogP contribution in [-0.2, 0) is 6.42 Å². The van der Waals surface area contributed by atoms with Gasteiger partial charge < -0.3 is 13.9 Å². The van der Waals surface area contributed by atoms with Gasteiger partial charge in [0.1, 0.15) is 10.6 Å². The van der Waals surface area contributed by atoms with Crippen molar-refractivity contribution >= 4 is 33.3 Å². The number of aryl methyl sites for hydroxylation is 2. The predicted molar refractivity (Wildman–Crippen MR) is 139 cm³/mol. The molecule has 1 unspecified atom stereocenters. The minimum atomic E-state index is -0.745. The Kier molecular flexibility index (Phi) is 6.49. The summed E-state index contributed by atoms with van der Waals surface area (Å²) in [5.74, 6) is 0.775. The normalized spacial score (nSPS) is 14.9. The van der Waals surface area contributed by atoms with Gasteiger partial charge in [-0.3, -0.25) is 14.5 Å². The molecule has 0 spiro atoms. The molecule has 0 N–H and O–H groups in total. The fourth-order valence-electron chi connectivity index (χ4n) is 4.38. The molecular formula is C27H27N3O5S. The van der Waals surface area contributed by atoms with E-state index in [0.29, 0.717) is 52.8 Å². The number of benzene rings is 2. The van der Waals surface area contributed by atoms with Crippen molar-refractivity contribution in [3.05, 3.63) is 74.1 Å². The lowest BCUT2D eigenvalue weighted by atomic mass is 9.98. The molecule has 186 valence electrons. The van der Waals surface area contributed by atoms with E-state index in [2.05, 4.69) is 10.2 Å². The number of fused-ring (bicyclic) bond motifs is 2. The summed E-state index contributed by atoms with van der Waals surface area (Å²) >= 11 is 1.33. The minimum Gasteiger partial charge on any atom is -0.490 e. The monoisotopic (exact) mass is 505 g/mol. The van der Waals surface area contributed by atoms with Gasteiger partial charge in [-0.05, 0) is 56.5 Å². The molecule has 36 heavy (non-hydrogen) atoms. The maximum absolute atomic E-state index is 13.8. The molecule has 1 amide bonds. The summed E-state index contributed by atoms with van der Waals surface area (Å²) in [6.07, 6.45) is 1.55. The zero-order valence-electron chi connectivity index (χ0n) is 20.7. The van der Waals surface area contributed by atoms with E-state index in [-0.39, 0.29) is 16.8 Å². The van der Waals surface area contributed by atoms with Crippen molar-refractivity contribution in [3.63, 3.8) is 0 Å². The van der Waals surface area contributed by atoms with Gasteiger partial charge >= 0.3 is 0 Å². The van der Waals surface area contributed by atoms with Gasteiger partial charge in [0.15, 0.2) is 16.9 Å². The maximum Gasteiger partial charge on any atom is 0.297 e. The Morgan fingerprint density at radius 3 is 2.58 bits per heavy atom. The number of rotatable bonds is 8. The number of ether oxygens (including phenoxy) is 2. The molecule has 4 aromatic rings. The highest BCUT2D eigenvalue weighted by Crippen LogP contribution is 2.44. The first-order valence-electron chi connectivity index (χ1n) is 12.1. The van der Waals surface area contributed by atoms with Crippen LogP contribution in [-0.4, -0.2) is 29.3 Å². The van der Waals surface area contributed by atoms with Crippen LogP contribution in [0.1, 0.15) is 65.5 Å². The van der Waals surface area contributed by atoms with Crippen LogP contribution in [0.2, 0.25) is 0 Å². The third-order valence-electron chi connectivity index (χ3n) is 6.04. The highest BCUT2D eigenvalue weighted by molar-refractivity contribution is 7.15. The summed E-state index contributed by atoms with van der Waals surface area (Å²) in [5.41, 5.74) is 2.06. The zero-order valence-corrected chi connectivity index (χ0v) is 21.5. The van der Waals surface area contributed by atoms with Crippen LogP contribution in [0.25, 0.3) is 11.0 Å². The van der Waals surface area contributed by atoms with Crippen LogP contribution in [0.5, 0.6) is 11.5 Å². The number of nitrogens with zero attached hydrogens (tertiary/aromatic N) is 3. The molecule has 1 aliphatic rings. The smallest absolute Gasteiger partial charge is 0.297 e. The van der Waals surface area contributed by atoms with E-state index >= 15 is 0 Å². The molecule has 0 fully saturated rings. The third-order valence-corrected chi connectivity index (χ3v) is 7.10. The number of hydrogen-bond donors (Lipinski definition) is 0. The lowest BCUT2D eigenvalue weighted by Crippen LogP contribution is -2.29. The number of hydrogen-bond acceptors (Lipinski definition) is 8. The average molecular weight is 506 g/mol. The average Bonchev–Trinajstić information content (AvgIpc) is 3.46. The standard InChI is InChI=1S/C27H27N3O5S/c1-5-12-34-19-11-9-16(14-20(19)33-7-3)23-22-24(31)17-13-15(4)8-10-18(17)35-25(22)26(32)30(23)27-29-28-21(6-2)36-27/h8-11,13-14,23H,5-7,12H2,1-4H3. The maximum atomic E-state index is 13.8. The molecule has 2 aromatic carbocycles. The fourth-order valence-corrected chi connectivity index (χ4v) is 5.18. The molecule has 2 aromatic heterocycles. The molecule has 0 saturated carbocycles. The fraction of sp³-hybridized carbons (Fsp3) is 0.333. The van der Waals surface area contributed by atoms with E-state index in [9.17, 15) is 9.59 Å². The molecule has 0 radical (unpaired) electrons. The Bertz CT molecular complexity index is 1510. The van der Waals surface area contributed by atoms with Crippen LogP contribution in [0.4, 0.5) is 5.13 Å². The molecule has 0 saturated heterocycles. The quantitative estimate of drug-likeness (QED) is 0.314. The van der Waals surface area contributed by atoms with Gasteiger partial charge in [0.2, 0.25) is 10.9 Å². The third kappa shape index (κ3) is 4.03. The zero-order chi connectivity index (χ0) is 25.4. The molecule has 1 atom stereocenters. The van der Waals surface area contributed by atoms with Gasteiger partial charge in [-0.25, -0.2) is 0 Å². The number of amides is 1. The summed E-state index contributed by atoms with van der Waals surface area (Å²) < 4.78 is 17.8. The van der Waals surface area contributed by atoms with Gasteiger partial charge in [0.05, 0.1) is 30.2 Å². The lowest BCUT2D eigenvalue weighted by Gasteiger charge is -2.23. The lowest BCUT2D eigenvalue weighted by molar-refractivity contribution is 0.0970. The molecule has 1 aliphatic heterocycles. The summed E-state index contributed by atoms with van der Waals surface area (Å²) in [7, 11) is 0. The predicted octanol–water partition coefficient (Wildman–Crippen LogP) is 5.45. The van der Waals surface area contributed by atoms with Crippen molar-refractivity contribution < 1.29 is 18.7 Å². The largest absolute Gasteiger partial charge is 0.490 e. The van der Waals surface area contributed by atoms with Crippen molar-refractivity contribution in [1.82, 2.24) is 10.2 Å². The highest BCUT2D eigenvalue weighted by Gasteiger charge is 2.45. The first-order valence-corrected chi connectivity index (χ1v) is 12.9. The van der Waals surface area contributed by atoms with E-state index in [0.717, 1.165) is 17.0 Å². The van der Waals surface area contributed by atoms with Crippen LogP contribution >= 0.6 is 11.3 Å². The molecule has 3 heterocycles. The van der Waals surface area contributed by atoms with Gasteiger partial charge in [-0.2, -0.15) is 0 Å². The summed E-state index contributed by atoms with van der Waals surface area (Å²) in [4.78, 5) is 29.1. The van der Waals surface area contributed by atoms with Gasteiger partial charge in [0, 0.05) is 0 Å². The first kappa shape index (κ1) is 24.0. The number of carbonyl (C=O) groups excluding carboxylic acids is 1. The summed E-state index contributed by atoms with van der Waals surface area (Å²) in [6.45, 7) is 8.82. The Morgan fingerprint density at radius 2 is 1.86 bits per heavy atom. The van der Waals surface area contributed by atoms with Crippen molar-refractivity contribution in [1.29, 1.82) is 0 Å². The van der Waals surface area contributed by atoms with Gasteiger partial charge in [0.25, 0.3) is 5.91 Å². The van der Waals surface area contributed by atoms with Gasteiger partial charge in [-0.15, -0.1) is 10.2 Å². The topological polar surface area (TPSA) is 94.8 Å². The van der Waals surface area contributed by atoms with Gasteiger partial charge in [-0.1, -0.05) is 42.9 Å². The van der Waals surface area contributed by atoms with Crippen LogP contribution in [0.15, 0.2) is 45.6 Å². The Labute approximate surface area is 212 Å². The Balaban J connectivity index is 1.74. The van der Waals surface area contributed by atoms with Crippen molar-refractivity contribution in [2.75, 3.05) is 18.1 Å². The summed E-state index contributed by atoms with van der Waals surface area (Å²) in [6, 6.07) is 10.1. The number of aromatic nitrogens is 2. The second-order valence-corrected chi connectivity index (χ2v) is 9.61. The second kappa shape index (κ2) is 9.73. The molecule has 8 nitrogen and oxygen atoms in total. The molecule has 9 heteroatoms. The number of carbonyl (C=O) groups is 1. The second-order valence-electron chi connectivity index (χ2n) is 8.57. The van der Waals surface area contributed by atoms with E-state index in [1.165, 1.54) is 16.2 Å². The van der Waals surface area contributed by atoms with Crippen molar-refractivity contribution in [2.45, 2.75) is 46.6 Å². The SMILES string of the molecule is CCCOc1ccc(C2c3c(oc4ccc(C)cc4c3=O)C(=O)N2c2nnc(CC)s2)cc1OCC. The molecule has 0 aliphatic carbocycles. The van der Waals surface area contributed by atoms with E-state index in [1.54, 1.807) is 12.1 Å². The van der Waals surface area contributed by atoms with Crippen molar-refractivity contribution in [2.24, 2.45) is 0 Å². The van der Waals surface area contributed by atoms with Crippen LogP contribution in [0.3, 0.4) is 0 Å². The first-order chi connectivity index (χ1) is 17.5. The molecule has 0 bridgehead atoms. The van der Waals surface area contributed by atoms with E-state index in [1.807, 2.05) is 52.0 Å². The molecule has 5 rings (SSSR count). The highest BCUT2D eigenvalue weighted by atomic mass is 32.1. The summed E-state index contributed by atoms with van der Waals surface area (Å²) in [5, 5.41) is 10.1. The van der Waals surface area contributed by atoms with Crippen LogP contribution in [0, 0.1) is 6.92 Å². The Morgan fingerprint density at radius 1 is 1.03 bits per heavy atom. The Hall–Kier alpha value is -3.72. The van der Waals surface area contributed by atoms with E-state index < -0.39 is 11.9 Å².